The van der Waals surface area contributed by atoms with Gasteiger partial charge in [-0.1, -0.05) is 83.1 Å². The van der Waals surface area contributed by atoms with E-state index in [0.29, 0.717) is 6.42 Å². The van der Waals surface area contributed by atoms with Gasteiger partial charge in [0.05, 0.1) is 5.92 Å². The number of carboxylic acids is 1. The molecule has 0 saturated heterocycles. The predicted molar refractivity (Wildman–Crippen MR) is 144 cm³/mol. The molecule has 1 radical (unpaired) electrons. The number of hydrogen-bond donors (Lipinski definition) is 2. The summed E-state index contributed by atoms with van der Waals surface area (Å²) in [5.41, 5.74) is 8.47. The minimum atomic E-state index is -2.00. The van der Waals surface area contributed by atoms with Crippen molar-refractivity contribution in [3.8, 4) is 11.1 Å². The zero-order valence-electron chi connectivity index (χ0n) is 22.5. The Kier molecular flexibility index (Phi) is 8.48. The predicted octanol–water partition coefficient (Wildman–Crippen LogP) is 5.67. The number of esters is 1. The van der Waals surface area contributed by atoms with E-state index in [-0.39, 0.29) is 18.4 Å². The van der Waals surface area contributed by atoms with Gasteiger partial charge in [0, 0.05) is 11.8 Å². The van der Waals surface area contributed by atoms with Crippen LogP contribution >= 0.6 is 0 Å². The van der Waals surface area contributed by atoms with Crippen LogP contribution < -0.4 is 5.73 Å². The molecule has 0 spiro atoms. The van der Waals surface area contributed by atoms with Crippen molar-refractivity contribution in [2.75, 3.05) is 6.61 Å². The fourth-order valence-electron chi connectivity index (χ4n) is 5.71. The fraction of sp³-hybridized carbons (Fsp3) is 0.517. The zero-order valence-corrected chi connectivity index (χ0v) is 23.5. The lowest BCUT2D eigenvalue weighted by Gasteiger charge is -2.46. The van der Waals surface area contributed by atoms with E-state index in [9.17, 15) is 14.7 Å². The third-order valence-electron chi connectivity index (χ3n) is 6.89. The van der Waals surface area contributed by atoms with Crippen LogP contribution in [0.5, 0.6) is 0 Å². The minimum Gasteiger partial charge on any atom is -0.478 e. The normalized spacial score (nSPS) is 16.8. The summed E-state index contributed by atoms with van der Waals surface area (Å²) in [7, 11) is -1.48. The molecule has 36 heavy (non-hydrogen) atoms. The highest BCUT2D eigenvalue weighted by Crippen LogP contribution is 2.46. The molecule has 195 valence electrons. The summed E-state index contributed by atoms with van der Waals surface area (Å²) in [5, 5.41) is 10.2. The number of benzene rings is 2. The molecule has 7 heteroatoms. The number of fused-ring (bicyclic) bond motifs is 3. The van der Waals surface area contributed by atoms with Gasteiger partial charge in [-0.3, -0.25) is 10.5 Å². The second-order valence-electron chi connectivity index (χ2n) is 11.5. The lowest BCUT2D eigenvalue weighted by atomic mass is 9.65. The molecule has 1 aliphatic carbocycles. The maximum atomic E-state index is 13.8. The summed E-state index contributed by atoms with van der Waals surface area (Å²) >= 11 is 0. The fourth-order valence-corrected chi connectivity index (χ4v) is 6.60. The van der Waals surface area contributed by atoms with Gasteiger partial charge < -0.3 is 14.3 Å². The summed E-state index contributed by atoms with van der Waals surface area (Å²) in [5.74, 6) is -3.15. The molecule has 0 amide bonds. The van der Waals surface area contributed by atoms with Gasteiger partial charge in [-0.15, -0.1) is 0 Å². The van der Waals surface area contributed by atoms with Crippen molar-refractivity contribution < 1.29 is 23.9 Å². The van der Waals surface area contributed by atoms with Crippen LogP contribution in [0.3, 0.4) is 0 Å². The quantitative estimate of drug-likeness (QED) is 0.243. The standard InChI is InChI=1S/C29H40NO5Si/c1-18(2)16-23(25(28(3,4)5)29(30,27(32)33)35-36(6)7)26(31)34-17-24-21-14-10-8-12-19(21)20-13-9-11-15-22(20)24/h8-15,18,23-25H,16-17,30H2,1-7H3,(H,32,33)/t23-,25-,29?/m0/s1. The molecule has 2 aromatic carbocycles. The van der Waals surface area contributed by atoms with Gasteiger partial charge in [0.1, 0.15) is 6.61 Å². The van der Waals surface area contributed by atoms with E-state index < -0.39 is 44.0 Å². The number of carbonyl (C=O) groups excluding carboxylic acids is 1. The average molecular weight is 511 g/mol. The van der Waals surface area contributed by atoms with Crippen molar-refractivity contribution in [3.05, 3.63) is 59.7 Å². The van der Waals surface area contributed by atoms with Gasteiger partial charge in [-0.25, -0.2) is 4.79 Å². The highest BCUT2D eigenvalue weighted by molar-refractivity contribution is 6.48. The monoisotopic (exact) mass is 510 g/mol. The molecular weight excluding hydrogens is 470 g/mol. The highest BCUT2D eigenvalue weighted by atomic mass is 28.3. The van der Waals surface area contributed by atoms with Crippen LogP contribution in [0.2, 0.25) is 13.1 Å². The van der Waals surface area contributed by atoms with Gasteiger partial charge in [-0.05, 0) is 53.1 Å². The number of carbonyl (C=O) groups is 2. The maximum absolute atomic E-state index is 13.8. The van der Waals surface area contributed by atoms with E-state index in [1.54, 1.807) is 0 Å². The average Bonchev–Trinajstić information content (AvgIpc) is 3.09. The summed E-state index contributed by atoms with van der Waals surface area (Å²) < 4.78 is 12.0. The molecule has 6 nitrogen and oxygen atoms in total. The van der Waals surface area contributed by atoms with E-state index in [4.69, 9.17) is 14.9 Å². The van der Waals surface area contributed by atoms with Crippen molar-refractivity contribution in [2.24, 2.45) is 28.9 Å². The number of aliphatic carboxylic acids is 1. The molecule has 0 aromatic heterocycles. The summed E-state index contributed by atoms with van der Waals surface area (Å²) in [6.45, 7) is 13.6. The Bertz CT molecular complexity index is 1050. The van der Waals surface area contributed by atoms with Gasteiger partial charge >= 0.3 is 11.9 Å². The highest BCUT2D eigenvalue weighted by Gasteiger charge is 2.55. The summed E-state index contributed by atoms with van der Waals surface area (Å²) in [6.07, 6.45) is 0.448. The van der Waals surface area contributed by atoms with Gasteiger partial charge in [-0.2, -0.15) is 0 Å². The Hall–Kier alpha value is -2.48. The topological polar surface area (TPSA) is 98.9 Å². The van der Waals surface area contributed by atoms with Crippen molar-refractivity contribution >= 4 is 21.0 Å². The number of ether oxygens (including phenoxy) is 1. The Balaban J connectivity index is 1.95. The number of hydrogen-bond acceptors (Lipinski definition) is 5. The van der Waals surface area contributed by atoms with E-state index in [1.807, 2.05) is 72.0 Å². The number of nitrogens with two attached hydrogens (primary N) is 1. The lowest BCUT2D eigenvalue weighted by molar-refractivity contribution is -0.177. The van der Waals surface area contributed by atoms with Crippen molar-refractivity contribution in [1.29, 1.82) is 0 Å². The van der Waals surface area contributed by atoms with Gasteiger partial charge in [0.15, 0.2) is 0 Å². The van der Waals surface area contributed by atoms with Crippen molar-refractivity contribution in [3.63, 3.8) is 0 Å². The molecule has 2 aromatic rings. The maximum Gasteiger partial charge on any atom is 0.350 e. The van der Waals surface area contributed by atoms with E-state index >= 15 is 0 Å². The zero-order chi connectivity index (χ0) is 26.8. The van der Waals surface area contributed by atoms with Crippen LogP contribution in [0.15, 0.2) is 48.5 Å². The Morgan fingerprint density at radius 3 is 1.92 bits per heavy atom. The molecule has 0 fully saturated rings. The lowest BCUT2D eigenvalue weighted by Crippen LogP contribution is -2.64. The third kappa shape index (κ3) is 5.74. The molecule has 1 unspecified atom stereocenters. The Morgan fingerprint density at radius 2 is 1.50 bits per heavy atom. The second kappa shape index (κ2) is 10.9. The molecule has 3 N–H and O–H groups in total. The smallest absolute Gasteiger partial charge is 0.350 e. The largest absolute Gasteiger partial charge is 0.478 e. The second-order valence-corrected chi connectivity index (χ2v) is 13.6. The molecule has 0 bridgehead atoms. The first-order valence-electron chi connectivity index (χ1n) is 12.6. The minimum absolute atomic E-state index is 0.0754. The third-order valence-corrected chi connectivity index (χ3v) is 7.63. The molecule has 1 aliphatic rings. The van der Waals surface area contributed by atoms with Crippen molar-refractivity contribution in [2.45, 2.75) is 65.8 Å². The van der Waals surface area contributed by atoms with E-state index in [1.165, 1.54) is 0 Å². The molecule has 0 saturated carbocycles. The van der Waals surface area contributed by atoms with Crippen LogP contribution in [0.25, 0.3) is 11.1 Å². The van der Waals surface area contributed by atoms with Crippen molar-refractivity contribution in [1.82, 2.24) is 0 Å². The molecule has 0 aliphatic heterocycles. The van der Waals surface area contributed by atoms with E-state index in [0.717, 1.165) is 22.3 Å². The summed E-state index contributed by atoms with van der Waals surface area (Å²) in [6, 6.07) is 16.4. The summed E-state index contributed by atoms with van der Waals surface area (Å²) in [4.78, 5) is 26.3. The molecular formula is C29H40NO5Si. The van der Waals surface area contributed by atoms with Gasteiger partial charge in [0.2, 0.25) is 14.8 Å². The SMILES string of the molecule is CC(C)C[C@H](C(=O)OCC1c2ccccc2-c2ccccc21)[C@@H](C(C)(C)C)C(N)(O[Si](C)C)C(=O)O. The molecule has 3 rings (SSSR count). The van der Waals surface area contributed by atoms with Crippen LogP contribution in [-0.2, 0) is 18.8 Å². The first kappa shape index (κ1) is 28.1. The Morgan fingerprint density at radius 1 is 1.00 bits per heavy atom. The molecule has 0 heterocycles. The first-order chi connectivity index (χ1) is 16.8. The van der Waals surface area contributed by atoms with Crippen LogP contribution in [0.4, 0.5) is 0 Å². The van der Waals surface area contributed by atoms with Gasteiger partial charge in [0.25, 0.3) is 0 Å². The Labute approximate surface area is 216 Å². The van der Waals surface area contributed by atoms with Crippen LogP contribution in [0.1, 0.15) is 58.1 Å². The van der Waals surface area contributed by atoms with E-state index in [2.05, 4.69) is 24.3 Å². The number of carboxylic acid groups (broad SMARTS) is 1. The van der Waals surface area contributed by atoms with Crippen LogP contribution in [0, 0.1) is 23.2 Å². The number of rotatable bonds is 10. The van der Waals surface area contributed by atoms with Crippen LogP contribution in [-0.4, -0.2) is 38.4 Å². The first-order valence-corrected chi connectivity index (χ1v) is 15.0. The molecule has 3 atom stereocenters.